The van der Waals surface area contributed by atoms with Gasteiger partial charge < -0.3 is 14.4 Å². The molecule has 9 nitrogen and oxygen atoms in total. The number of nitrogens with zero attached hydrogens (tertiary/aromatic N) is 1. The summed E-state index contributed by atoms with van der Waals surface area (Å²) in [5.41, 5.74) is 0. The van der Waals surface area contributed by atoms with Gasteiger partial charge in [0, 0.05) is 0 Å². The Bertz CT molecular complexity index is 627. The van der Waals surface area contributed by atoms with Crippen molar-refractivity contribution in [1.29, 1.82) is 0 Å². The Hall–Kier alpha value is -1.84. The third kappa shape index (κ3) is 2.21. The molecular formula is C12H18N2O7S. The molecule has 124 valence electrons. The van der Waals surface area contributed by atoms with Gasteiger partial charge in [0.2, 0.25) is 5.91 Å². The van der Waals surface area contributed by atoms with Crippen LogP contribution in [0.2, 0.25) is 0 Å². The van der Waals surface area contributed by atoms with Crippen molar-refractivity contribution < 1.29 is 32.3 Å². The maximum absolute atomic E-state index is 12.4. The number of fused-ring (bicyclic) bond motifs is 1. The molecule has 0 aliphatic carbocycles. The highest BCUT2D eigenvalue weighted by atomic mass is 32.2. The van der Waals surface area contributed by atoms with E-state index < -0.39 is 50.2 Å². The predicted molar refractivity (Wildman–Crippen MR) is 73.1 cm³/mol. The molecule has 2 aliphatic heterocycles. The highest BCUT2D eigenvalue weighted by Crippen LogP contribution is 2.46. The maximum atomic E-state index is 12.4. The maximum Gasteiger partial charge on any atom is 0.409 e. The van der Waals surface area contributed by atoms with E-state index in [-0.39, 0.29) is 6.42 Å². The van der Waals surface area contributed by atoms with Crippen molar-refractivity contribution in [2.75, 3.05) is 7.11 Å². The zero-order valence-electron chi connectivity index (χ0n) is 12.7. The van der Waals surface area contributed by atoms with Gasteiger partial charge in [-0.15, -0.1) is 0 Å². The van der Waals surface area contributed by atoms with E-state index in [1.54, 1.807) is 0 Å². The number of ether oxygens (including phenoxy) is 2. The van der Waals surface area contributed by atoms with E-state index in [4.69, 9.17) is 4.74 Å². The van der Waals surface area contributed by atoms with Crippen LogP contribution in [-0.2, 0) is 28.9 Å². The molecule has 0 aromatic heterocycles. The first-order valence-corrected chi connectivity index (χ1v) is 8.18. The summed E-state index contributed by atoms with van der Waals surface area (Å²) in [7, 11) is -2.51. The highest BCUT2D eigenvalue weighted by molar-refractivity contribution is 7.93. The Morgan fingerprint density at radius 1 is 1.41 bits per heavy atom. The van der Waals surface area contributed by atoms with Crippen LogP contribution in [0.25, 0.3) is 0 Å². The number of nitrogens with one attached hydrogen (secondary N) is 1. The van der Waals surface area contributed by atoms with Crippen LogP contribution in [0.3, 0.4) is 0 Å². The minimum Gasteiger partial charge on any atom is -0.453 e. The summed E-state index contributed by atoms with van der Waals surface area (Å²) in [6.45, 7) is 4.16. The van der Waals surface area contributed by atoms with Crippen molar-refractivity contribution >= 4 is 27.8 Å². The number of carbonyl (C=O) groups is 3. The molecule has 0 aromatic carbocycles. The minimum absolute atomic E-state index is 0.120. The molecule has 0 bridgehead atoms. The number of esters is 1. The Balaban J connectivity index is 2.18. The van der Waals surface area contributed by atoms with Crippen molar-refractivity contribution in [3.63, 3.8) is 0 Å². The van der Waals surface area contributed by atoms with Gasteiger partial charge in [-0.25, -0.2) is 18.0 Å². The summed E-state index contributed by atoms with van der Waals surface area (Å²) in [6.07, 6.45) is -1.93. The second-order valence-electron chi connectivity index (χ2n) is 5.73. The number of alkyl carbamates (subject to hydrolysis) is 1. The first kappa shape index (κ1) is 16.5. The fourth-order valence-corrected chi connectivity index (χ4v) is 4.82. The van der Waals surface area contributed by atoms with Crippen LogP contribution in [0.1, 0.15) is 27.2 Å². The number of hydrogen-bond donors (Lipinski definition) is 1. The first-order valence-electron chi connectivity index (χ1n) is 6.63. The number of rotatable bonds is 3. The van der Waals surface area contributed by atoms with Crippen LogP contribution in [-0.4, -0.2) is 60.8 Å². The molecule has 2 aliphatic rings. The fraction of sp³-hybridized carbons (Fsp3) is 0.750. The van der Waals surface area contributed by atoms with Gasteiger partial charge in [-0.3, -0.25) is 10.1 Å². The Morgan fingerprint density at radius 3 is 2.50 bits per heavy atom. The van der Waals surface area contributed by atoms with Crippen molar-refractivity contribution in [3.8, 4) is 0 Å². The van der Waals surface area contributed by atoms with Gasteiger partial charge in [-0.1, -0.05) is 0 Å². The predicted octanol–water partition coefficient (Wildman–Crippen LogP) is -0.634. The lowest BCUT2D eigenvalue weighted by Crippen LogP contribution is -2.58. The summed E-state index contributed by atoms with van der Waals surface area (Å²) in [4.78, 5) is 36.1. The van der Waals surface area contributed by atoms with E-state index in [0.717, 1.165) is 12.0 Å². The molecule has 0 radical (unpaired) electrons. The molecule has 2 rings (SSSR count). The largest absolute Gasteiger partial charge is 0.453 e. The highest BCUT2D eigenvalue weighted by Gasteiger charge is 2.68. The van der Waals surface area contributed by atoms with E-state index in [9.17, 15) is 22.8 Å². The third-order valence-electron chi connectivity index (χ3n) is 4.00. The summed E-state index contributed by atoms with van der Waals surface area (Å²) < 4.78 is 32.7. The average Bonchev–Trinajstić information content (AvgIpc) is 2.52. The smallest absolute Gasteiger partial charge is 0.409 e. The SMILES string of the molecule is COC(=O)NC(C)OC(=O)[C@@H]1N2C(=O)C[C@H]2S(=O)(=O)C1(C)C. The van der Waals surface area contributed by atoms with Crippen molar-refractivity contribution in [1.82, 2.24) is 10.2 Å². The van der Waals surface area contributed by atoms with Crippen LogP contribution in [0.15, 0.2) is 0 Å². The number of amides is 2. The molecule has 2 fully saturated rings. The lowest BCUT2D eigenvalue weighted by molar-refractivity contribution is -0.165. The van der Waals surface area contributed by atoms with E-state index in [0.29, 0.717) is 0 Å². The molecule has 3 atom stereocenters. The first-order chi connectivity index (χ1) is 10.0. The molecule has 22 heavy (non-hydrogen) atoms. The molecule has 10 heteroatoms. The van der Waals surface area contributed by atoms with E-state index in [2.05, 4.69) is 10.1 Å². The normalized spacial score (nSPS) is 29.1. The number of methoxy groups -OCH3 is 1. The fourth-order valence-electron chi connectivity index (χ4n) is 2.70. The number of hydrogen-bond acceptors (Lipinski definition) is 7. The van der Waals surface area contributed by atoms with E-state index in [1.807, 2.05) is 0 Å². The molecule has 1 N–H and O–H groups in total. The van der Waals surface area contributed by atoms with Crippen molar-refractivity contribution in [2.45, 2.75) is 49.6 Å². The summed E-state index contributed by atoms with van der Waals surface area (Å²) in [5.74, 6) is -1.29. The van der Waals surface area contributed by atoms with Gasteiger partial charge >= 0.3 is 12.1 Å². The topological polar surface area (TPSA) is 119 Å². The zero-order chi connectivity index (χ0) is 16.9. The van der Waals surface area contributed by atoms with Gasteiger partial charge in [0.1, 0.15) is 11.4 Å². The third-order valence-corrected chi connectivity index (χ3v) is 6.80. The van der Waals surface area contributed by atoms with Gasteiger partial charge in [0.15, 0.2) is 16.1 Å². The molecule has 1 unspecified atom stereocenters. The van der Waals surface area contributed by atoms with Crippen LogP contribution in [0.5, 0.6) is 0 Å². The molecule has 0 aromatic rings. The van der Waals surface area contributed by atoms with Crippen LogP contribution >= 0.6 is 0 Å². The lowest BCUT2D eigenvalue weighted by Gasteiger charge is -2.36. The Kier molecular flexibility index (Phi) is 3.84. The van der Waals surface area contributed by atoms with E-state index in [1.165, 1.54) is 20.8 Å². The standard InChI is InChI=1S/C12H18N2O7S/c1-6(13-11(17)20-4)21-10(16)9-12(2,3)22(18,19)8-5-7(15)14(8)9/h6,8-9H,5H2,1-4H3,(H,13,17)/t6?,8-,9+/m1/s1. The Morgan fingerprint density at radius 2 is 2.00 bits per heavy atom. The van der Waals surface area contributed by atoms with Crippen molar-refractivity contribution in [3.05, 3.63) is 0 Å². The molecule has 0 saturated carbocycles. The zero-order valence-corrected chi connectivity index (χ0v) is 13.5. The summed E-state index contributed by atoms with van der Waals surface area (Å²) >= 11 is 0. The molecule has 2 saturated heterocycles. The van der Waals surface area contributed by atoms with Gasteiger partial charge in [0.25, 0.3) is 0 Å². The monoisotopic (exact) mass is 334 g/mol. The second-order valence-corrected chi connectivity index (χ2v) is 8.41. The van der Waals surface area contributed by atoms with Gasteiger partial charge in [-0.05, 0) is 20.8 Å². The summed E-state index contributed by atoms with van der Waals surface area (Å²) in [5, 5.41) is 1.25. The van der Waals surface area contributed by atoms with Crippen LogP contribution in [0.4, 0.5) is 4.79 Å². The number of sulfone groups is 1. The Labute approximate surface area is 127 Å². The lowest BCUT2D eigenvalue weighted by atomic mass is 9.98. The minimum atomic E-state index is -3.66. The van der Waals surface area contributed by atoms with Crippen LogP contribution < -0.4 is 5.32 Å². The second kappa shape index (κ2) is 5.11. The average molecular weight is 334 g/mol. The van der Waals surface area contributed by atoms with Crippen LogP contribution in [0, 0.1) is 0 Å². The van der Waals surface area contributed by atoms with E-state index >= 15 is 0 Å². The molecule has 2 amide bonds. The summed E-state index contributed by atoms with van der Waals surface area (Å²) in [6, 6.07) is -1.23. The molecule has 2 heterocycles. The van der Waals surface area contributed by atoms with Crippen molar-refractivity contribution in [2.24, 2.45) is 0 Å². The number of carbonyl (C=O) groups excluding carboxylic acids is 3. The van der Waals surface area contributed by atoms with Gasteiger partial charge in [0.05, 0.1) is 18.3 Å². The molecular weight excluding hydrogens is 316 g/mol. The quantitative estimate of drug-likeness (QED) is 0.414. The molecule has 0 spiro atoms. The number of β-lactam (4-membered cyclic amide) rings is 1. The van der Waals surface area contributed by atoms with Gasteiger partial charge in [-0.2, -0.15) is 0 Å².